The lowest BCUT2D eigenvalue weighted by molar-refractivity contribution is 0.0962. The SMILES string of the molecule is CNC(=O)c1ccc(Nc2ncc(F)c(NC3Cc4ccccc4C3N(C)S(C)(=O)=O)n2)c(OC)c1. The smallest absolute Gasteiger partial charge is 0.251 e. The molecule has 0 spiro atoms. The van der Waals surface area contributed by atoms with Crippen LogP contribution in [0.5, 0.6) is 5.75 Å². The van der Waals surface area contributed by atoms with Crippen molar-refractivity contribution in [3.8, 4) is 5.75 Å². The Morgan fingerprint density at radius 2 is 1.97 bits per heavy atom. The maximum atomic E-state index is 14.8. The van der Waals surface area contributed by atoms with Crippen molar-refractivity contribution in [1.29, 1.82) is 0 Å². The van der Waals surface area contributed by atoms with Crippen LogP contribution in [0.3, 0.4) is 0 Å². The Labute approximate surface area is 209 Å². The van der Waals surface area contributed by atoms with Crippen molar-refractivity contribution < 1.29 is 22.3 Å². The molecule has 10 nitrogen and oxygen atoms in total. The third-order valence-corrected chi connectivity index (χ3v) is 7.39. The first-order chi connectivity index (χ1) is 17.1. The highest BCUT2D eigenvalue weighted by Gasteiger charge is 2.39. The molecule has 1 aliphatic carbocycles. The molecule has 190 valence electrons. The summed E-state index contributed by atoms with van der Waals surface area (Å²) in [4.78, 5) is 20.2. The normalized spacial score (nSPS) is 16.9. The number of likely N-dealkylation sites (N-methyl/N-ethyl adjacent to an activating group) is 1. The number of halogens is 1. The van der Waals surface area contributed by atoms with Gasteiger partial charge in [-0.15, -0.1) is 0 Å². The van der Waals surface area contributed by atoms with E-state index in [0.717, 1.165) is 23.6 Å². The molecule has 1 aliphatic rings. The van der Waals surface area contributed by atoms with Gasteiger partial charge in [-0.25, -0.2) is 17.8 Å². The number of hydrogen-bond donors (Lipinski definition) is 3. The predicted octanol–water partition coefficient (Wildman–Crippen LogP) is 2.70. The molecule has 4 rings (SSSR count). The van der Waals surface area contributed by atoms with Gasteiger partial charge in [0.2, 0.25) is 16.0 Å². The minimum atomic E-state index is -3.52. The van der Waals surface area contributed by atoms with E-state index in [9.17, 15) is 17.6 Å². The molecule has 12 heteroatoms. The Kier molecular flexibility index (Phi) is 7.09. The maximum absolute atomic E-state index is 14.8. The Hall–Kier alpha value is -3.77. The molecule has 3 N–H and O–H groups in total. The number of hydrogen-bond acceptors (Lipinski definition) is 8. The second-order valence-electron chi connectivity index (χ2n) is 8.39. The first-order valence-electron chi connectivity index (χ1n) is 11.1. The molecule has 2 unspecified atom stereocenters. The summed E-state index contributed by atoms with van der Waals surface area (Å²) in [7, 11) is 0.980. The zero-order valence-corrected chi connectivity index (χ0v) is 21.1. The van der Waals surface area contributed by atoms with E-state index in [1.165, 1.54) is 25.5 Å². The van der Waals surface area contributed by atoms with Crippen molar-refractivity contribution in [3.63, 3.8) is 0 Å². The molecule has 0 radical (unpaired) electrons. The Morgan fingerprint density at radius 1 is 1.22 bits per heavy atom. The summed E-state index contributed by atoms with van der Waals surface area (Å²) >= 11 is 0. The average molecular weight is 515 g/mol. The third-order valence-electron chi connectivity index (χ3n) is 6.11. The number of methoxy groups -OCH3 is 1. The second kappa shape index (κ2) is 10.1. The molecule has 36 heavy (non-hydrogen) atoms. The van der Waals surface area contributed by atoms with Gasteiger partial charge in [0.15, 0.2) is 11.6 Å². The highest BCUT2D eigenvalue weighted by Crippen LogP contribution is 2.38. The minimum absolute atomic E-state index is 0.0712. The molecule has 1 heterocycles. The molecular formula is C24H27FN6O4S. The van der Waals surface area contributed by atoms with Gasteiger partial charge in [0.05, 0.1) is 37.3 Å². The van der Waals surface area contributed by atoms with Crippen LogP contribution >= 0.6 is 0 Å². The van der Waals surface area contributed by atoms with E-state index >= 15 is 0 Å². The first-order valence-corrected chi connectivity index (χ1v) is 12.9. The van der Waals surface area contributed by atoms with Crippen LogP contribution in [-0.2, 0) is 16.4 Å². The topological polar surface area (TPSA) is 126 Å². The van der Waals surface area contributed by atoms with Crippen molar-refractivity contribution in [2.24, 2.45) is 0 Å². The number of nitrogens with one attached hydrogen (secondary N) is 3. The summed E-state index contributed by atoms with van der Waals surface area (Å²) in [6.45, 7) is 0. The highest BCUT2D eigenvalue weighted by atomic mass is 32.2. The Balaban J connectivity index is 1.62. The monoisotopic (exact) mass is 514 g/mol. The predicted molar refractivity (Wildman–Crippen MR) is 135 cm³/mol. The fraction of sp³-hybridized carbons (Fsp3) is 0.292. The number of fused-ring (bicyclic) bond motifs is 1. The van der Waals surface area contributed by atoms with Crippen molar-refractivity contribution >= 4 is 33.4 Å². The summed E-state index contributed by atoms with van der Waals surface area (Å²) in [5.41, 5.74) is 2.72. The van der Waals surface area contributed by atoms with Crippen LogP contribution in [0.25, 0.3) is 0 Å². The lowest BCUT2D eigenvalue weighted by atomic mass is 10.1. The van der Waals surface area contributed by atoms with Gasteiger partial charge in [0.25, 0.3) is 5.91 Å². The molecule has 1 aromatic heterocycles. The van der Waals surface area contributed by atoms with Crippen LogP contribution in [0.4, 0.5) is 21.8 Å². The minimum Gasteiger partial charge on any atom is -0.495 e. The van der Waals surface area contributed by atoms with E-state index < -0.39 is 27.9 Å². The van der Waals surface area contributed by atoms with Crippen molar-refractivity contribution in [3.05, 3.63) is 71.2 Å². The molecule has 0 saturated carbocycles. The molecule has 1 amide bonds. The number of amides is 1. The number of benzene rings is 2. The number of carbonyl (C=O) groups is 1. The van der Waals surface area contributed by atoms with Gasteiger partial charge in [-0.2, -0.15) is 9.29 Å². The summed E-state index contributed by atoms with van der Waals surface area (Å²) in [5, 5.41) is 8.62. The number of sulfonamides is 1. The Bertz CT molecular complexity index is 1400. The molecular weight excluding hydrogens is 487 g/mol. The van der Waals surface area contributed by atoms with Gasteiger partial charge in [0.1, 0.15) is 5.75 Å². The van der Waals surface area contributed by atoms with Gasteiger partial charge in [-0.3, -0.25) is 4.79 Å². The van der Waals surface area contributed by atoms with Gasteiger partial charge in [-0.05, 0) is 35.7 Å². The van der Waals surface area contributed by atoms with Crippen LogP contribution < -0.4 is 20.7 Å². The standard InChI is InChI=1S/C24H27FN6O4S/c1-26-23(32)15-9-10-18(20(12-15)35-3)29-24-27-13-17(25)22(30-24)28-19-11-14-7-5-6-8-16(14)21(19)31(2)36(4,33)34/h5-10,12-13,19,21H,11H2,1-4H3,(H,26,32)(H2,27,28,29,30). The number of rotatable bonds is 8. The largest absolute Gasteiger partial charge is 0.495 e. The number of ether oxygens (including phenoxy) is 1. The van der Waals surface area contributed by atoms with Crippen LogP contribution in [0.1, 0.15) is 27.5 Å². The summed E-state index contributed by atoms with van der Waals surface area (Å²) in [6.07, 6.45) is 2.66. The van der Waals surface area contributed by atoms with E-state index in [0.29, 0.717) is 23.4 Å². The molecule has 3 aromatic rings. The van der Waals surface area contributed by atoms with Crippen LogP contribution in [0.2, 0.25) is 0 Å². The van der Waals surface area contributed by atoms with Crippen LogP contribution in [0, 0.1) is 5.82 Å². The van der Waals surface area contributed by atoms with Crippen molar-refractivity contribution in [2.75, 3.05) is 38.1 Å². The van der Waals surface area contributed by atoms with E-state index in [4.69, 9.17) is 4.74 Å². The van der Waals surface area contributed by atoms with E-state index in [1.807, 2.05) is 24.3 Å². The molecule has 0 bridgehead atoms. The zero-order valence-electron chi connectivity index (χ0n) is 20.2. The van der Waals surface area contributed by atoms with Crippen LogP contribution in [0.15, 0.2) is 48.7 Å². The number of carbonyl (C=O) groups excluding carboxylic acids is 1. The maximum Gasteiger partial charge on any atom is 0.251 e. The second-order valence-corrected chi connectivity index (χ2v) is 10.4. The van der Waals surface area contributed by atoms with E-state index in [1.54, 1.807) is 18.2 Å². The van der Waals surface area contributed by atoms with E-state index in [2.05, 4.69) is 25.9 Å². The Morgan fingerprint density at radius 3 is 2.67 bits per heavy atom. The fourth-order valence-corrected chi connectivity index (χ4v) is 4.94. The molecule has 0 saturated heterocycles. The lowest BCUT2D eigenvalue weighted by Crippen LogP contribution is -2.39. The van der Waals surface area contributed by atoms with Gasteiger partial charge >= 0.3 is 0 Å². The third kappa shape index (κ3) is 5.09. The molecule has 2 atom stereocenters. The lowest BCUT2D eigenvalue weighted by Gasteiger charge is -2.29. The van der Waals surface area contributed by atoms with Crippen LogP contribution in [-0.4, -0.2) is 62.1 Å². The summed E-state index contributed by atoms with van der Waals surface area (Å²) in [5.74, 6) is -0.555. The number of nitrogens with zero attached hydrogens (tertiary/aromatic N) is 3. The zero-order chi connectivity index (χ0) is 26.0. The van der Waals surface area contributed by atoms with Crippen molar-refractivity contribution in [1.82, 2.24) is 19.6 Å². The van der Waals surface area contributed by atoms with Gasteiger partial charge in [-0.1, -0.05) is 24.3 Å². The van der Waals surface area contributed by atoms with E-state index in [-0.39, 0.29) is 17.7 Å². The summed E-state index contributed by atoms with van der Waals surface area (Å²) in [6, 6.07) is 11.3. The number of anilines is 3. The average Bonchev–Trinajstić information content (AvgIpc) is 3.22. The fourth-order valence-electron chi connectivity index (χ4n) is 4.26. The molecule has 0 aliphatic heterocycles. The number of aromatic nitrogens is 2. The summed E-state index contributed by atoms with van der Waals surface area (Å²) < 4.78 is 46.1. The van der Waals surface area contributed by atoms with Gasteiger partial charge in [0, 0.05) is 19.7 Å². The van der Waals surface area contributed by atoms with Crippen molar-refractivity contribution in [2.45, 2.75) is 18.5 Å². The van der Waals surface area contributed by atoms with Gasteiger partial charge < -0.3 is 20.7 Å². The first kappa shape index (κ1) is 25.3. The molecule has 0 fully saturated rings. The quantitative estimate of drug-likeness (QED) is 0.419. The highest BCUT2D eigenvalue weighted by molar-refractivity contribution is 7.88. The molecule has 2 aromatic carbocycles.